The van der Waals surface area contributed by atoms with Gasteiger partial charge in [0.05, 0.1) is 0 Å². The molecule has 3 N–H and O–H groups in total. The quantitative estimate of drug-likeness (QED) is 0.842. The summed E-state index contributed by atoms with van der Waals surface area (Å²) in [6.45, 7) is 7.96. The molecule has 0 aliphatic carbocycles. The van der Waals surface area contributed by atoms with Crippen molar-refractivity contribution in [3.63, 3.8) is 0 Å². The SMILES string of the molecule is CC(C)c1ccccc1C(C)(C)C(N)C(=O)O. The Balaban J connectivity index is 3.27. The monoisotopic (exact) mass is 235 g/mol. The number of hydrogen-bond donors (Lipinski definition) is 2. The molecule has 1 rings (SSSR count). The van der Waals surface area contributed by atoms with Crippen LogP contribution in [0.25, 0.3) is 0 Å². The molecular formula is C14H21NO2. The second-order valence-electron chi connectivity index (χ2n) is 5.28. The number of aliphatic carboxylic acids is 1. The number of rotatable bonds is 4. The second kappa shape index (κ2) is 4.88. The molecule has 1 unspecified atom stereocenters. The molecule has 0 bridgehead atoms. The number of nitrogens with two attached hydrogens (primary N) is 1. The second-order valence-corrected chi connectivity index (χ2v) is 5.28. The summed E-state index contributed by atoms with van der Waals surface area (Å²) in [5.74, 6) is -0.611. The summed E-state index contributed by atoms with van der Waals surface area (Å²) in [7, 11) is 0. The Morgan fingerprint density at radius 2 is 1.82 bits per heavy atom. The van der Waals surface area contributed by atoms with Crippen molar-refractivity contribution in [3.05, 3.63) is 35.4 Å². The highest BCUT2D eigenvalue weighted by Crippen LogP contribution is 2.32. The number of carboxylic acids is 1. The lowest BCUT2D eigenvalue weighted by molar-refractivity contribution is -0.140. The van der Waals surface area contributed by atoms with Crippen LogP contribution < -0.4 is 5.73 Å². The van der Waals surface area contributed by atoms with Gasteiger partial charge in [-0.1, -0.05) is 52.0 Å². The minimum Gasteiger partial charge on any atom is -0.480 e. The summed E-state index contributed by atoms with van der Waals surface area (Å²) in [5, 5.41) is 9.08. The third-order valence-electron chi connectivity index (χ3n) is 3.32. The van der Waals surface area contributed by atoms with E-state index in [1.165, 1.54) is 0 Å². The van der Waals surface area contributed by atoms with Crippen LogP contribution in [0.15, 0.2) is 24.3 Å². The predicted octanol–water partition coefficient (Wildman–Crippen LogP) is 2.50. The van der Waals surface area contributed by atoms with Crippen LogP contribution in [0.5, 0.6) is 0 Å². The maximum Gasteiger partial charge on any atom is 0.321 e. The molecule has 0 aromatic heterocycles. The molecule has 0 fully saturated rings. The first-order valence-corrected chi connectivity index (χ1v) is 5.86. The fourth-order valence-corrected chi connectivity index (χ4v) is 2.06. The summed E-state index contributed by atoms with van der Waals surface area (Å²) >= 11 is 0. The Labute approximate surface area is 103 Å². The topological polar surface area (TPSA) is 63.3 Å². The Hall–Kier alpha value is -1.35. The molecule has 0 saturated heterocycles. The zero-order chi connectivity index (χ0) is 13.2. The molecule has 3 heteroatoms. The number of carboxylic acid groups (broad SMARTS) is 1. The minimum atomic E-state index is -0.964. The molecule has 0 heterocycles. The first-order chi connectivity index (χ1) is 7.78. The smallest absolute Gasteiger partial charge is 0.321 e. The van der Waals surface area contributed by atoms with E-state index in [1.54, 1.807) is 0 Å². The van der Waals surface area contributed by atoms with Crippen molar-refractivity contribution in [1.82, 2.24) is 0 Å². The molecule has 17 heavy (non-hydrogen) atoms. The summed E-state index contributed by atoms with van der Waals surface area (Å²) < 4.78 is 0. The van der Waals surface area contributed by atoms with Gasteiger partial charge in [-0.25, -0.2) is 0 Å². The van der Waals surface area contributed by atoms with Gasteiger partial charge in [0.1, 0.15) is 6.04 Å². The average Bonchev–Trinajstić information content (AvgIpc) is 2.27. The lowest BCUT2D eigenvalue weighted by Gasteiger charge is -2.32. The normalized spacial score (nSPS) is 13.8. The fraction of sp³-hybridized carbons (Fsp3) is 0.500. The third kappa shape index (κ3) is 2.67. The Morgan fingerprint density at radius 3 is 2.29 bits per heavy atom. The molecule has 94 valence electrons. The molecular weight excluding hydrogens is 214 g/mol. The number of hydrogen-bond acceptors (Lipinski definition) is 2. The van der Waals surface area contributed by atoms with Crippen LogP contribution in [-0.2, 0) is 10.2 Å². The highest BCUT2D eigenvalue weighted by atomic mass is 16.4. The first kappa shape index (κ1) is 13.7. The molecule has 0 aliphatic rings. The maximum atomic E-state index is 11.1. The van der Waals surface area contributed by atoms with Gasteiger partial charge in [0.2, 0.25) is 0 Å². The molecule has 0 spiro atoms. The van der Waals surface area contributed by atoms with Crippen LogP contribution in [0.1, 0.15) is 44.7 Å². The third-order valence-corrected chi connectivity index (χ3v) is 3.32. The number of carbonyl (C=O) groups is 1. The van der Waals surface area contributed by atoms with Gasteiger partial charge in [0, 0.05) is 5.41 Å². The maximum absolute atomic E-state index is 11.1. The van der Waals surface area contributed by atoms with Crippen molar-refractivity contribution >= 4 is 5.97 Å². The van der Waals surface area contributed by atoms with Crippen LogP contribution >= 0.6 is 0 Å². The van der Waals surface area contributed by atoms with Gasteiger partial charge in [-0.3, -0.25) is 4.79 Å². The van der Waals surface area contributed by atoms with E-state index in [0.717, 1.165) is 11.1 Å². The zero-order valence-electron chi connectivity index (χ0n) is 10.9. The van der Waals surface area contributed by atoms with Gasteiger partial charge in [0.15, 0.2) is 0 Å². The highest BCUT2D eigenvalue weighted by molar-refractivity contribution is 5.75. The van der Waals surface area contributed by atoms with Gasteiger partial charge < -0.3 is 10.8 Å². The van der Waals surface area contributed by atoms with Crippen molar-refractivity contribution < 1.29 is 9.90 Å². The Kier molecular flexibility index (Phi) is 3.94. The van der Waals surface area contributed by atoms with Crippen LogP contribution in [0.3, 0.4) is 0 Å². The first-order valence-electron chi connectivity index (χ1n) is 5.86. The minimum absolute atomic E-state index is 0.353. The van der Waals surface area contributed by atoms with E-state index in [-0.39, 0.29) is 0 Å². The Morgan fingerprint density at radius 1 is 1.29 bits per heavy atom. The highest BCUT2D eigenvalue weighted by Gasteiger charge is 2.35. The molecule has 3 nitrogen and oxygen atoms in total. The van der Waals surface area contributed by atoms with Crippen molar-refractivity contribution in [2.24, 2.45) is 5.73 Å². The van der Waals surface area contributed by atoms with Crippen molar-refractivity contribution in [2.45, 2.75) is 45.1 Å². The standard InChI is InChI=1S/C14H21NO2/c1-9(2)10-7-5-6-8-11(10)14(3,4)12(15)13(16)17/h5-9,12H,15H2,1-4H3,(H,16,17). The predicted molar refractivity (Wildman–Crippen MR) is 69.2 cm³/mol. The van der Waals surface area contributed by atoms with E-state index in [9.17, 15) is 4.79 Å². The molecule has 0 aliphatic heterocycles. The molecule has 1 aromatic rings. The zero-order valence-corrected chi connectivity index (χ0v) is 10.9. The van der Waals surface area contributed by atoms with Gasteiger partial charge in [0.25, 0.3) is 0 Å². The van der Waals surface area contributed by atoms with E-state index in [0.29, 0.717) is 5.92 Å². The van der Waals surface area contributed by atoms with Gasteiger partial charge in [-0.2, -0.15) is 0 Å². The van der Waals surface area contributed by atoms with Crippen molar-refractivity contribution in [1.29, 1.82) is 0 Å². The van der Waals surface area contributed by atoms with E-state index >= 15 is 0 Å². The summed E-state index contributed by atoms with van der Waals surface area (Å²) in [6, 6.07) is 7.01. The van der Waals surface area contributed by atoms with Gasteiger partial charge in [-0.05, 0) is 17.0 Å². The summed E-state index contributed by atoms with van der Waals surface area (Å²) in [6.07, 6.45) is 0. The van der Waals surface area contributed by atoms with Gasteiger partial charge in [-0.15, -0.1) is 0 Å². The van der Waals surface area contributed by atoms with Crippen molar-refractivity contribution in [3.8, 4) is 0 Å². The molecule has 1 aromatic carbocycles. The van der Waals surface area contributed by atoms with Crippen LogP contribution in [0.2, 0.25) is 0 Å². The van der Waals surface area contributed by atoms with Crippen LogP contribution in [0.4, 0.5) is 0 Å². The van der Waals surface area contributed by atoms with E-state index in [2.05, 4.69) is 13.8 Å². The van der Waals surface area contributed by atoms with Crippen molar-refractivity contribution in [2.75, 3.05) is 0 Å². The summed E-state index contributed by atoms with van der Waals surface area (Å²) in [5.41, 5.74) is 7.40. The summed E-state index contributed by atoms with van der Waals surface area (Å²) in [4.78, 5) is 11.1. The molecule has 1 atom stereocenters. The Bertz CT molecular complexity index is 410. The largest absolute Gasteiger partial charge is 0.480 e. The molecule has 0 saturated carbocycles. The van der Waals surface area contributed by atoms with Gasteiger partial charge >= 0.3 is 5.97 Å². The fourth-order valence-electron chi connectivity index (χ4n) is 2.06. The number of benzene rings is 1. The van der Waals surface area contributed by atoms with Crippen LogP contribution in [0, 0.1) is 0 Å². The molecule has 0 amide bonds. The lowest BCUT2D eigenvalue weighted by atomic mass is 9.74. The van der Waals surface area contributed by atoms with E-state index < -0.39 is 17.4 Å². The van der Waals surface area contributed by atoms with E-state index in [4.69, 9.17) is 10.8 Å². The van der Waals surface area contributed by atoms with E-state index in [1.807, 2.05) is 38.1 Å². The average molecular weight is 235 g/mol. The van der Waals surface area contributed by atoms with Crippen LogP contribution in [-0.4, -0.2) is 17.1 Å². The molecule has 0 radical (unpaired) electrons. The lowest BCUT2D eigenvalue weighted by Crippen LogP contribution is -2.47.